The van der Waals surface area contributed by atoms with Crippen LogP contribution in [0.25, 0.3) is 21.4 Å². The third-order valence-electron chi connectivity index (χ3n) is 5.58. The van der Waals surface area contributed by atoms with Crippen molar-refractivity contribution >= 4 is 60.0 Å². The number of aliphatic hydroxyl groups excluding tert-OH is 3. The second-order valence-corrected chi connectivity index (χ2v) is 11.7. The van der Waals surface area contributed by atoms with Gasteiger partial charge in [-0.05, 0) is 30.7 Å². The highest BCUT2D eigenvalue weighted by Crippen LogP contribution is 2.33. The second kappa shape index (κ2) is 9.20. The number of ether oxygens (including phenoxy) is 1. The summed E-state index contributed by atoms with van der Waals surface area (Å²) in [6.45, 7) is 1.19. The van der Waals surface area contributed by atoms with E-state index in [-0.39, 0.29) is 32.4 Å². The largest absolute Gasteiger partial charge is 0.394 e. The number of rotatable bonds is 7. The topological polar surface area (TPSA) is 173 Å². The molecule has 0 bridgehead atoms. The van der Waals surface area contributed by atoms with Gasteiger partial charge >= 0.3 is 0 Å². The van der Waals surface area contributed by atoms with E-state index in [1.54, 1.807) is 19.1 Å². The molecule has 1 saturated heterocycles. The zero-order valence-corrected chi connectivity index (χ0v) is 20.6. The number of imidazole rings is 1. The molecule has 186 valence electrons. The molecule has 0 saturated carbocycles. The minimum atomic E-state index is -3.70. The molecule has 12 nitrogen and oxygen atoms in total. The first-order valence-electron chi connectivity index (χ1n) is 10.6. The summed E-state index contributed by atoms with van der Waals surface area (Å²) < 4.78 is 33.7. The van der Waals surface area contributed by atoms with Crippen molar-refractivity contribution in [1.29, 1.82) is 0 Å². The van der Waals surface area contributed by atoms with Gasteiger partial charge in [0.1, 0.15) is 18.3 Å². The van der Waals surface area contributed by atoms with Crippen molar-refractivity contribution in [3.05, 3.63) is 35.9 Å². The highest BCUT2D eigenvalue weighted by atomic mass is 35.5. The molecule has 4 heterocycles. The van der Waals surface area contributed by atoms with E-state index in [4.69, 9.17) is 16.3 Å². The first-order valence-corrected chi connectivity index (χ1v) is 13.4. The van der Waals surface area contributed by atoms with E-state index in [0.29, 0.717) is 5.52 Å². The van der Waals surface area contributed by atoms with E-state index in [9.17, 15) is 23.7 Å². The summed E-state index contributed by atoms with van der Waals surface area (Å²) in [7, 11) is -3.70. The van der Waals surface area contributed by atoms with Gasteiger partial charge in [-0.1, -0.05) is 12.1 Å². The fraction of sp³-hybridized carbons (Fsp3) is 0.400. The Kier molecular flexibility index (Phi) is 6.37. The normalized spacial score (nSPS) is 23.8. The maximum atomic E-state index is 13.0. The number of nitrogens with one attached hydrogen (secondary N) is 1. The molecule has 4 aromatic rings. The summed E-state index contributed by atoms with van der Waals surface area (Å²) in [6.07, 6.45) is -3.35. The van der Waals surface area contributed by atoms with Crippen molar-refractivity contribution in [2.75, 3.05) is 17.7 Å². The van der Waals surface area contributed by atoms with E-state index in [0.717, 1.165) is 16.0 Å². The molecule has 15 heteroatoms. The number of aliphatic hydroxyl groups is 3. The van der Waals surface area contributed by atoms with Crippen LogP contribution in [-0.4, -0.2) is 85.0 Å². The lowest BCUT2D eigenvalue weighted by Gasteiger charge is -2.17. The van der Waals surface area contributed by atoms with Crippen LogP contribution in [-0.2, 0) is 14.6 Å². The minimum absolute atomic E-state index is 0.0341. The van der Waals surface area contributed by atoms with Crippen molar-refractivity contribution in [3.8, 4) is 0 Å². The molecule has 1 aliphatic heterocycles. The van der Waals surface area contributed by atoms with Gasteiger partial charge < -0.3 is 25.4 Å². The Morgan fingerprint density at radius 3 is 2.71 bits per heavy atom. The van der Waals surface area contributed by atoms with E-state index in [1.807, 2.05) is 12.1 Å². The summed E-state index contributed by atoms with van der Waals surface area (Å²) in [6, 6.07) is 6.60. The van der Waals surface area contributed by atoms with Crippen LogP contribution in [0, 0.1) is 0 Å². The molecule has 0 aliphatic carbocycles. The van der Waals surface area contributed by atoms with Crippen LogP contribution in [0.4, 0.5) is 5.82 Å². The van der Waals surface area contributed by atoms with Gasteiger partial charge in [-0.2, -0.15) is 9.97 Å². The van der Waals surface area contributed by atoms with Crippen molar-refractivity contribution in [2.24, 2.45) is 0 Å². The van der Waals surface area contributed by atoms with Crippen LogP contribution in [0.3, 0.4) is 0 Å². The van der Waals surface area contributed by atoms with Gasteiger partial charge in [-0.15, -0.1) is 11.3 Å². The van der Waals surface area contributed by atoms with Gasteiger partial charge in [0, 0.05) is 6.04 Å². The standard InChI is InChI=1S/C20H21ClN6O6S2/c1-9(7-35(31,32)20-24-10-4-2-3-5-12(10)34-20)23-16-13-17(26-19(21)25-16)27(8-22-13)18-15(30)14(29)11(6-28)33-18/h2-5,8-9,11,14-15,18,28-30H,6-7H2,1H3,(H,23,25,26)/t9-,11-,14-,15-,18-/m1/s1. The molecule has 4 N–H and O–H groups in total. The quantitative estimate of drug-likeness (QED) is 0.246. The number of fused-ring (bicyclic) bond motifs is 2. The molecular weight excluding hydrogens is 520 g/mol. The van der Waals surface area contributed by atoms with Crippen molar-refractivity contribution in [3.63, 3.8) is 0 Å². The fourth-order valence-corrected chi connectivity index (χ4v) is 6.91. The number of thiazole rings is 1. The third-order valence-corrected chi connectivity index (χ3v) is 9.15. The molecule has 35 heavy (non-hydrogen) atoms. The van der Waals surface area contributed by atoms with E-state index in [1.165, 1.54) is 10.9 Å². The van der Waals surface area contributed by atoms with Crippen LogP contribution in [0.1, 0.15) is 13.2 Å². The first-order chi connectivity index (χ1) is 16.7. The minimum Gasteiger partial charge on any atom is -0.394 e. The Morgan fingerprint density at radius 1 is 1.23 bits per heavy atom. The van der Waals surface area contributed by atoms with Crippen LogP contribution >= 0.6 is 22.9 Å². The van der Waals surface area contributed by atoms with E-state index >= 15 is 0 Å². The highest BCUT2D eigenvalue weighted by Gasteiger charge is 2.44. The maximum Gasteiger partial charge on any atom is 0.226 e. The molecule has 5 atom stereocenters. The SMILES string of the molecule is C[C@H](CS(=O)(=O)c1nc2ccccc2s1)Nc1nc(Cl)nc2c1ncn2[C@@H]1O[C@H](CO)[C@@H](O)[C@H]1O. The molecule has 1 aromatic carbocycles. The molecule has 1 fully saturated rings. The smallest absolute Gasteiger partial charge is 0.226 e. The zero-order chi connectivity index (χ0) is 24.9. The van der Waals surface area contributed by atoms with Crippen molar-refractivity contribution in [1.82, 2.24) is 24.5 Å². The van der Waals surface area contributed by atoms with Gasteiger partial charge in [-0.25, -0.2) is 18.4 Å². The summed E-state index contributed by atoms with van der Waals surface area (Å²) in [4.78, 5) is 16.8. The van der Waals surface area contributed by atoms with Gasteiger partial charge in [0.05, 0.1) is 28.9 Å². The van der Waals surface area contributed by atoms with Crippen molar-refractivity contribution < 1.29 is 28.5 Å². The summed E-state index contributed by atoms with van der Waals surface area (Å²) in [5.74, 6) is -0.0663. The number of anilines is 1. The maximum absolute atomic E-state index is 13.0. The van der Waals surface area contributed by atoms with Gasteiger partial charge in [0.2, 0.25) is 19.5 Å². The lowest BCUT2D eigenvalue weighted by Crippen LogP contribution is -2.33. The van der Waals surface area contributed by atoms with Crippen LogP contribution in [0.2, 0.25) is 5.28 Å². The lowest BCUT2D eigenvalue weighted by atomic mass is 10.1. The summed E-state index contributed by atoms with van der Waals surface area (Å²) >= 11 is 7.23. The van der Waals surface area contributed by atoms with E-state index in [2.05, 4.69) is 25.3 Å². The molecule has 0 amide bonds. The number of halogens is 1. The molecule has 3 aromatic heterocycles. The molecular formula is C20H21ClN6O6S2. The molecule has 0 unspecified atom stereocenters. The average molecular weight is 541 g/mol. The summed E-state index contributed by atoms with van der Waals surface area (Å²) in [5, 5.41) is 32.7. The Bertz CT molecular complexity index is 1460. The lowest BCUT2D eigenvalue weighted by molar-refractivity contribution is -0.0511. The third kappa shape index (κ3) is 4.46. The number of hydrogen-bond donors (Lipinski definition) is 4. The van der Waals surface area contributed by atoms with Crippen LogP contribution in [0.15, 0.2) is 34.9 Å². The zero-order valence-electron chi connectivity index (χ0n) is 18.2. The number of nitrogens with zero attached hydrogens (tertiary/aromatic N) is 5. The van der Waals surface area contributed by atoms with Gasteiger partial charge in [0.25, 0.3) is 0 Å². The number of para-hydroxylation sites is 1. The predicted molar refractivity (Wildman–Crippen MR) is 128 cm³/mol. The van der Waals surface area contributed by atoms with E-state index < -0.39 is 47.0 Å². The Morgan fingerprint density at radius 2 is 2.00 bits per heavy atom. The van der Waals surface area contributed by atoms with Gasteiger partial charge in [0.15, 0.2) is 23.2 Å². The Hall–Kier alpha value is -2.46. The van der Waals surface area contributed by atoms with Crippen LogP contribution in [0.5, 0.6) is 0 Å². The van der Waals surface area contributed by atoms with Crippen molar-refractivity contribution in [2.45, 2.75) is 41.8 Å². The van der Waals surface area contributed by atoms with Gasteiger partial charge in [-0.3, -0.25) is 4.57 Å². The summed E-state index contributed by atoms with van der Waals surface area (Å²) in [5.41, 5.74) is 1.08. The highest BCUT2D eigenvalue weighted by molar-refractivity contribution is 7.93. The number of benzene rings is 1. The average Bonchev–Trinajstić information content (AvgIpc) is 3.50. The first kappa shape index (κ1) is 24.2. The Labute approximate surface area is 208 Å². The monoisotopic (exact) mass is 540 g/mol. The number of sulfone groups is 1. The molecule has 1 aliphatic rings. The number of hydrogen-bond acceptors (Lipinski definition) is 12. The van der Waals surface area contributed by atoms with Crippen LogP contribution < -0.4 is 5.32 Å². The molecule has 0 radical (unpaired) electrons. The fourth-order valence-electron chi connectivity index (χ4n) is 3.95. The molecule has 0 spiro atoms. The second-order valence-electron chi connectivity index (χ2n) is 8.17. The Balaban J connectivity index is 1.40. The molecule has 5 rings (SSSR count). The predicted octanol–water partition coefficient (Wildman–Crippen LogP) is 0.975. The number of aromatic nitrogens is 5.